The maximum Gasteiger partial charge on any atom is 0.326 e. The molecule has 6 heteroatoms. The molecular formula is C13H24N2O4. The lowest BCUT2D eigenvalue weighted by Gasteiger charge is -2.28. The van der Waals surface area contributed by atoms with Crippen molar-refractivity contribution in [1.82, 2.24) is 10.6 Å². The number of carboxylic acids is 1. The van der Waals surface area contributed by atoms with Gasteiger partial charge >= 0.3 is 5.97 Å². The van der Waals surface area contributed by atoms with Gasteiger partial charge in [-0.3, -0.25) is 9.59 Å². The fourth-order valence-corrected chi connectivity index (χ4v) is 1.29. The third kappa shape index (κ3) is 6.22. The maximum absolute atomic E-state index is 11.6. The molecule has 0 aliphatic rings. The first-order valence-electron chi connectivity index (χ1n) is 6.16. The highest BCUT2D eigenvalue weighted by molar-refractivity contribution is 5.89. The first-order valence-corrected chi connectivity index (χ1v) is 6.16. The molecule has 0 spiro atoms. The van der Waals surface area contributed by atoms with Gasteiger partial charge in [-0.05, 0) is 5.41 Å². The number of hydrogen-bond donors (Lipinski definition) is 3. The zero-order valence-electron chi connectivity index (χ0n) is 12.5. The van der Waals surface area contributed by atoms with Crippen molar-refractivity contribution in [3.05, 3.63) is 0 Å². The van der Waals surface area contributed by atoms with Crippen molar-refractivity contribution in [1.29, 1.82) is 0 Å². The van der Waals surface area contributed by atoms with Crippen LogP contribution in [0.4, 0.5) is 0 Å². The van der Waals surface area contributed by atoms with Crippen molar-refractivity contribution in [3.63, 3.8) is 0 Å². The van der Waals surface area contributed by atoms with E-state index in [9.17, 15) is 14.4 Å². The molecule has 0 saturated carbocycles. The monoisotopic (exact) mass is 272 g/mol. The van der Waals surface area contributed by atoms with E-state index in [1.54, 1.807) is 41.5 Å². The Balaban J connectivity index is 4.46. The van der Waals surface area contributed by atoms with Crippen LogP contribution in [0.1, 0.15) is 41.5 Å². The SMILES string of the molecule is CC(C)(C)C(=O)NCC(=O)N[C@H](C(=O)O)C(C)(C)C. The summed E-state index contributed by atoms with van der Waals surface area (Å²) in [5.41, 5.74) is -1.19. The fourth-order valence-electron chi connectivity index (χ4n) is 1.29. The number of rotatable bonds is 4. The highest BCUT2D eigenvalue weighted by atomic mass is 16.4. The predicted molar refractivity (Wildman–Crippen MR) is 71.5 cm³/mol. The van der Waals surface area contributed by atoms with Crippen LogP contribution in [0.25, 0.3) is 0 Å². The molecular weight excluding hydrogens is 248 g/mol. The van der Waals surface area contributed by atoms with Gasteiger partial charge in [-0.25, -0.2) is 4.79 Å². The van der Waals surface area contributed by atoms with Gasteiger partial charge in [-0.1, -0.05) is 41.5 Å². The minimum absolute atomic E-state index is 0.226. The largest absolute Gasteiger partial charge is 0.480 e. The fraction of sp³-hybridized carbons (Fsp3) is 0.769. The number of carbonyl (C=O) groups excluding carboxylic acids is 2. The average Bonchev–Trinajstić information content (AvgIpc) is 2.18. The van der Waals surface area contributed by atoms with Crippen LogP contribution in [-0.2, 0) is 14.4 Å². The van der Waals surface area contributed by atoms with Crippen LogP contribution in [-0.4, -0.2) is 35.5 Å². The molecule has 0 rings (SSSR count). The number of aliphatic carboxylic acids is 1. The van der Waals surface area contributed by atoms with Gasteiger partial charge in [0, 0.05) is 5.41 Å². The predicted octanol–water partition coefficient (Wildman–Crippen LogP) is 0.764. The maximum atomic E-state index is 11.6. The molecule has 0 aliphatic carbocycles. The molecule has 0 unspecified atom stereocenters. The van der Waals surface area contributed by atoms with E-state index >= 15 is 0 Å². The highest BCUT2D eigenvalue weighted by Gasteiger charge is 2.32. The van der Waals surface area contributed by atoms with Crippen molar-refractivity contribution in [2.45, 2.75) is 47.6 Å². The molecule has 0 radical (unpaired) electrons. The third-order valence-corrected chi connectivity index (χ3v) is 2.51. The van der Waals surface area contributed by atoms with Crippen LogP contribution in [0.2, 0.25) is 0 Å². The number of carbonyl (C=O) groups is 3. The summed E-state index contributed by atoms with van der Waals surface area (Å²) < 4.78 is 0. The van der Waals surface area contributed by atoms with Crippen LogP contribution in [0.5, 0.6) is 0 Å². The number of nitrogens with one attached hydrogen (secondary N) is 2. The summed E-state index contributed by atoms with van der Waals surface area (Å²) in [6.07, 6.45) is 0. The molecule has 0 aliphatic heterocycles. The van der Waals surface area contributed by atoms with E-state index in [1.165, 1.54) is 0 Å². The molecule has 19 heavy (non-hydrogen) atoms. The van der Waals surface area contributed by atoms with Gasteiger partial charge < -0.3 is 15.7 Å². The van der Waals surface area contributed by atoms with Crippen molar-refractivity contribution in [2.24, 2.45) is 10.8 Å². The summed E-state index contributed by atoms with van der Waals surface area (Å²) in [4.78, 5) is 34.3. The summed E-state index contributed by atoms with van der Waals surface area (Å²) in [5, 5.41) is 13.9. The summed E-state index contributed by atoms with van der Waals surface area (Å²) in [6.45, 7) is 10.1. The van der Waals surface area contributed by atoms with Crippen LogP contribution >= 0.6 is 0 Å². The Morgan fingerprint density at radius 2 is 1.53 bits per heavy atom. The summed E-state index contributed by atoms with van der Waals surface area (Å²) in [6, 6.07) is -0.994. The number of hydrogen-bond acceptors (Lipinski definition) is 3. The molecule has 1 atom stereocenters. The Hall–Kier alpha value is -1.59. The Labute approximate surface area is 113 Å². The van der Waals surface area contributed by atoms with Crippen molar-refractivity contribution < 1.29 is 19.5 Å². The second kappa shape index (κ2) is 6.04. The minimum atomic E-state index is -1.09. The molecule has 0 saturated heterocycles. The van der Waals surface area contributed by atoms with E-state index in [0.29, 0.717) is 0 Å². The molecule has 110 valence electrons. The molecule has 3 N–H and O–H groups in total. The Kier molecular flexibility index (Phi) is 5.53. The van der Waals surface area contributed by atoms with E-state index in [1.807, 2.05) is 0 Å². The van der Waals surface area contributed by atoms with E-state index in [2.05, 4.69) is 10.6 Å². The minimum Gasteiger partial charge on any atom is -0.480 e. The first kappa shape index (κ1) is 17.4. The van der Waals surface area contributed by atoms with Gasteiger partial charge in [0.25, 0.3) is 0 Å². The number of carboxylic acid groups (broad SMARTS) is 1. The van der Waals surface area contributed by atoms with Crippen molar-refractivity contribution in [3.8, 4) is 0 Å². The van der Waals surface area contributed by atoms with Gasteiger partial charge in [0.1, 0.15) is 6.04 Å². The molecule has 0 fully saturated rings. The third-order valence-electron chi connectivity index (χ3n) is 2.51. The van der Waals surface area contributed by atoms with Crippen molar-refractivity contribution in [2.75, 3.05) is 6.54 Å². The van der Waals surface area contributed by atoms with Crippen LogP contribution in [0, 0.1) is 10.8 Å². The van der Waals surface area contributed by atoms with Crippen LogP contribution in [0.3, 0.4) is 0 Å². The zero-order valence-corrected chi connectivity index (χ0v) is 12.5. The van der Waals surface area contributed by atoms with Gasteiger partial charge in [0.2, 0.25) is 11.8 Å². The normalized spacial score (nSPS) is 13.6. The molecule has 0 aromatic carbocycles. The van der Waals surface area contributed by atoms with Crippen LogP contribution < -0.4 is 10.6 Å². The second-order valence-electron chi connectivity index (χ2n) is 6.64. The zero-order chi connectivity index (χ0) is 15.4. The average molecular weight is 272 g/mol. The second-order valence-corrected chi connectivity index (χ2v) is 6.64. The highest BCUT2D eigenvalue weighted by Crippen LogP contribution is 2.19. The standard InChI is InChI=1S/C13H24N2O4/c1-12(2,3)9(10(17)18)15-8(16)7-14-11(19)13(4,5)6/h9H,7H2,1-6H3,(H,14,19)(H,15,16)(H,17,18)/t9-/m1/s1. The Bertz CT molecular complexity index is 364. The molecule has 0 heterocycles. The van der Waals surface area contributed by atoms with E-state index in [4.69, 9.17) is 5.11 Å². The summed E-state index contributed by atoms with van der Waals surface area (Å²) in [5.74, 6) is -1.87. The molecule has 0 bridgehead atoms. The summed E-state index contributed by atoms with van der Waals surface area (Å²) >= 11 is 0. The lowest BCUT2D eigenvalue weighted by atomic mass is 9.87. The smallest absolute Gasteiger partial charge is 0.326 e. The number of amides is 2. The topological polar surface area (TPSA) is 95.5 Å². The van der Waals surface area contributed by atoms with Gasteiger partial charge in [0.15, 0.2) is 0 Å². The van der Waals surface area contributed by atoms with E-state index < -0.39 is 28.7 Å². The first-order chi connectivity index (χ1) is 8.35. The Morgan fingerprint density at radius 3 is 1.84 bits per heavy atom. The van der Waals surface area contributed by atoms with Crippen LogP contribution in [0.15, 0.2) is 0 Å². The lowest BCUT2D eigenvalue weighted by molar-refractivity contribution is -0.144. The Morgan fingerprint density at radius 1 is 1.05 bits per heavy atom. The quantitative estimate of drug-likeness (QED) is 0.704. The summed E-state index contributed by atoms with van der Waals surface area (Å²) in [7, 11) is 0. The van der Waals surface area contributed by atoms with E-state index in [0.717, 1.165) is 0 Å². The van der Waals surface area contributed by atoms with E-state index in [-0.39, 0.29) is 12.5 Å². The lowest BCUT2D eigenvalue weighted by Crippen LogP contribution is -2.52. The molecule has 0 aromatic heterocycles. The molecule has 6 nitrogen and oxygen atoms in total. The van der Waals surface area contributed by atoms with Gasteiger partial charge in [0.05, 0.1) is 6.54 Å². The molecule has 2 amide bonds. The van der Waals surface area contributed by atoms with Gasteiger partial charge in [-0.15, -0.1) is 0 Å². The molecule has 0 aromatic rings. The van der Waals surface area contributed by atoms with Crippen molar-refractivity contribution >= 4 is 17.8 Å². The van der Waals surface area contributed by atoms with Gasteiger partial charge in [-0.2, -0.15) is 0 Å².